The Hall–Kier alpha value is -1.65. The predicted molar refractivity (Wildman–Crippen MR) is 81.4 cm³/mol. The molecule has 0 atom stereocenters. The summed E-state index contributed by atoms with van der Waals surface area (Å²) in [5.74, 6) is -0.116. The van der Waals surface area contributed by atoms with Crippen molar-refractivity contribution in [3.05, 3.63) is 52.5 Å². The van der Waals surface area contributed by atoms with E-state index < -0.39 is 5.97 Å². The molecular formula is C15H13ClO3S. The first-order chi connectivity index (χ1) is 9.52. The van der Waals surface area contributed by atoms with Crippen molar-refractivity contribution >= 4 is 29.3 Å². The lowest BCUT2D eigenvalue weighted by atomic mass is 10.2. The van der Waals surface area contributed by atoms with Crippen LogP contribution in [0.5, 0.6) is 11.5 Å². The van der Waals surface area contributed by atoms with Crippen molar-refractivity contribution in [2.24, 2.45) is 0 Å². The van der Waals surface area contributed by atoms with Crippen molar-refractivity contribution in [1.29, 1.82) is 0 Å². The molecule has 104 valence electrons. The molecule has 0 heterocycles. The Kier molecular flexibility index (Phi) is 4.57. The van der Waals surface area contributed by atoms with E-state index in [1.165, 1.54) is 11.8 Å². The third-order valence-corrected chi connectivity index (χ3v) is 3.98. The Balaban J connectivity index is 2.42. The first kappa shape index (κ1) is 14.8. The molecule has 0 fully saturated rings. The highest BCUT2D eigenvalue weighted by Crippen LogP contribution is 2.33. The maximum Gasteiger partial charge on any atom is 0.340 e. The van der Waals surface area contributed by atoms with E-state index in [0.717, 1.165) is 5.56 Å². The van der Waals surface area contributed by atoms with E-state index >= 15 is 0 Å². The van der Waals surface area contributed by atoms with Gasteiger partial charge in [0.15, 0.2) is 0 Å². The first-order valence-electron chi connectivity index (χ1n) is 5.87. The number of aryl methyl sites for hydroxylation is 1. The summed E-state index contributed by atoms with van der Waals surface area (Å²) < 4.78 is 5.70. The van der Waals surface area contributed by atoms with E-state index in [-0.39, 0.29) is 5.56 Å². The summed E-state index contributed by atoms with van der Waals surface area (Å²) in [6.07, 6.45) is 1.83. The molecule has 0 unspecified atom stereocenters. The fraction of sp³-hybridized carbons (Fsp3) is 0.133. The molecule has 0 amide bonds. The number of halogens is 1. The predicted octanol–water partition coefficient (Wildman–Crippen LogP) is 4.86. The zero-order chi connectivity index (χ0) is 14.7. The highest BCUT2D eigenvalue weighted by molar-refractivity contribution is 7.98. The van der Waals surface area contributed by atoms with Crippen LogP contribution in [0.1, 0.15) is 15.9 Å². The summed E-state index contributed by atoms with van der Waals surface area (Å²) in [7, 11) is 0. The summed E-state index contributed by atoms with van der Waals surface area (Å²) in [5.41, 5.74) is 1.05. The molecule has 5 heteroatoms. The SMILES string of the molecule is CSc1cccc(Oc2ccc(Cl)c(C)c2)c1C(=O)O. The van der Waals surface area contributed by atoms with Crippen LogP contribution in [-0.2, 0) is 0 Å². The maximum absolute atomic E-state index is 11.4. The van der Waals surface area contributed by atoms with Crippen molar-refractivity contribution in [1.82, 2.24) is 0 Å². The second-order valence-corrected chi connectivity index (χ2v) is 5.41. The number of ether oxygens (including phenoxy) is 1. The smallest absolute Gasteiger partial charge is 0.340 e. The van der Waals surface area contributed by atoms with Crippen molar-refractivity contribution in [2.45, 2.75) is 11.8 Å². The molecular weight excluding hydrogens is 296 g/mol. The van der Waals surface area contributed by atoms with Crippen molar-refractivity contribution in [3.63, 3.8) is 0 Å². The van der Waals surface area contributed by atoms with Crippen molar-refractivity contribution in [2.75, 3.05) is 6.26 Å². The first-order valence-corrected chi connectivity index (χ1v) is 7.47. The molecule has 20 heavy (non-hydrogen) atoms. The number of hydrogen-bond acceptors (Lipinski definition) is 3. The minimum Gasteiger partial charge on any atom is -0.478 e. The van der Waals surface area contributed by atoms with Gasteiger partial charge in [0.05, 0.1) is 0 Å². The van der Waals surface area contributed by atoms with E-state index in [1.807, 2.05) is 13.2 Å². The highest BCUT2D eigenvalue weighted by Gasteiger charge is 2.17. The Morgan fingerprint density at radius 1 is 1.30 bits per heavy atom. The van der Waals surface area contributed by atoms with Crippen LogP contribution >= 0.6 is 23.4 Å². The lowest BCUT2D eigenvalue weighted by Gasteiger charge is -2.12. The fourth-order valence-corrected chi connectivity index (χ4v) is 2.51. The molecule has 2 rings (SSSR count). The van der Waals surface area contributed by atoms with Crippen LogP contribution in [0, 0.1) is 6.92 Å². The summed E-state index contributed by atoms with van der Waals surface area (Å²) in [4.78, 5) is 12.1. The number of carboxylic acids is 1. The highest BCUT2D eigenvalue weighted by atomic mass is 35.5. The Morgan fingerprint density at radius 2 is 2.05 bits per heavy atom. The van der Waals surface area contributed by atoms with E-state index in [0.29, 0.717) is 21.4 Å². The van der Waals surface area contributed by atoms with E-state index in [1.54, 1.807) is 36.4 Å². The summed E-state index contributed by atoms with van der Waals surface area (Å²) >= 11 is 7.33. The van der Waals surface area contributed by atoms with Crippen molar-refractivity contribution in [3.8, 4) is 11.5 Å². The molecule has 0 saturated heterocycles. The van der Waals surface area contributed by atoms with Crippen LogP contribution in [0.2, 0.25) is 5.02 Å². The number of hydrogen-bond donors (Lipinski definition) is 1. The van der Waals surface area contributed by atoms with Gasteiger partial charge in [-0.05, 0) is 49.1 Å². The second-order valence-electron chi connectivity index (χ2n) is 4.15. The number of carbonyl (C=O) groups is 1. The van der Waals surface area contributed by atoms with Gasteiger partial charge in [-0.2, -0.15) is 0 Å². The number of aromatic carboxylic acids is 1. The molecule has 1 N–H and O–H groups in total. The van der Waals surface area contributed by atoms with E-state index in [2.05, 4.69) is 0 Å². The van der Waals surface area contributed by atoms with Crippen LogP contribution in [0.3, 0.4) is 0 Å². The lowest BCUT2D eigenvalue weighted by Crippen LogP contribution is -2.02. The number of carboxylic acid groups (broad SMARTS) is 1. The average Bonchev–Trinajstić information content (AvgIpc) is 2.42. The zero-order valence-corrected chi connectivity index (χ0v) is 12.6. The number of benzene rings is 2. The standard InChI is InChI=1S/C15H13ClO3S/c1-9-8-10(6-7-11(9)16)19-12-4-3-5-13(20-2)14(12)15(17)18/h3-8H,1-2H3,(H,17,18). The second kappa shape index (κ2) is 6.20. The average molecular weight is 309 g/mol. The van der Waals surface area contributed by atoms with Gasteiger partial charge >= 0.3 is 5.97 Å². The van der Waals surface area contributed by atoms with Crippen molar-refractivity contribution < 1.29 is 14.6 Å². The van der Waals surface area contributed by atoms with Crippen LogP contribution < -0.4 is 4.74 Å². The topological polar surface area (TPSA) is 46.5 Å². The number of rotatable bonds is 4. The fourth-order valence-electron chi connectivity index (χ4n) is 1.78. The largest absolute Gasteiger partial charge is 0.478 e. The molecule has 0 aromatic heterocycles. The molecule has 3 nitrogen and oxygen atoms in total. The lowest BCUT2D eigenvalue weighted by molar-refractivity contribution is 0.0690. The third kappa shape index (κ3) is 3.08. The van der Waals surface area contributed by atoms with Gasteiger partial charge < -0.3 is 9.84 Å². The summed E-state index contributed by atoms with van der Waals surface area (Å²) in [6, 6.07) is 10.4. The van der Waals surface area contributed by atoms with Crippen LogP contribution in [0.4, 0.5) is 0 Å². The Morgan fingerprint density at radius 3 is 2.65 bits per heavy atom. The van der Waals surface area contributed by atoms with Gasteiger partial charge in [0.25, 0.3) is 0 Å². The van der Waals surface area contributed by atoms with Gasteiger partial charge in [-0.15, -0.1) is 11.8 Å². The van der Waals surface area contributed by atoms with Gasteiger partial charge in [0.1, 0.15) is 17.1 Å². The molecule has 2 aromatic carbocycles. The molecule has 2 aromatic rings. The third-order valence-electron chi connectivity index (χ3n) is 2.78. The molecule has 0 aliphatic rings. The van der Waals surface area contributed by atoms with Gasteiger partial charge in [0.2, 0.25) is 0 Å². The van der Waals surface area contributed by atoms with Gasteiger partial charge in [-0.3, -0.25) is 0 Å². The quantitative estimate of drug-likeness (QED) is 0.819. The number of thioether (sulfide) groups is 1. The zero-order valence-electron chi connectivity index (χ0n) is 11.0. The molecule has 0 spiro atoms. The Bertz CT molecular complexity index is 656. The maximum atomic E-state index is 11.4. The normalized spacial score (nSPS) is 10.3. The van der Waals surface area contributed by atoms with Crippen LogP contribution in [0.25, 0.3) is 0 Å². The molecule has 0 aliphatic heterocycles. The van der Waals surface area contributed by atoms with Crippen LogP contribution in [0.15, 0.2) is 41.3 Å². The van der Waals surface area contributed by atoms with E-state index in [4.69, 9.17) is 16.3 Å². The monoisotopic (exact) mass is 308 g/mol. The molecule has 0 bridgehead atoms. The molecule has 0 saturated carbocycles. The molecule has 0 radical (unpaired) electrons. The summed E-state index contributed by atoms with van der Waals surface area (Å²) in [6.45, 7) is 1.87. The Labute approximate surface area is 126 Å². The summed E-state index contributed by atoms with van der Waals surface area (Å²) in [5, 5.41) is 9.99. The van der Waals surface area contributed by atoms with Gasteiger partial charge in [-0.1, -0.05) is 17.7 Å². The molecule has 0 aliphatic carbocycles. The minimum atomic E-state index is -1.00. The van der Waals surface area contributed by atoms with Crippen LogP contribution in [-0.4, -0.2) is 17.3 Å². The van der Waals surface area contributed by atoms with Gasteiger partial charge in [0, 0.05) is 9.92 Å². The van der Waals surface area contributed by atoms with Gasteiger partial charge in [-0.25, -0.2) is 4.79 Å². The van der Waals surface area contributed by atoms with E-state index in [9.17, 15) is 9.90 Å². The minimum absolute atomic E-state index is 0.174.